The minimum absolute atomic E-state index is 0.118. The molecule has 0 radical (unpaired) electrons. The molecule has 0 saturated carbocycles. The van der Waals surface area contributed by atoms with Crippen molar-refractivity contribution in [2.75, 3.05) is 13.2 Å². The summed E-state index contributed by atoms with van der Waals surface area (Å²) in [6.45, 7) is 4.66. The molecule has 1 fully saturated rings. The van der Waals surface area contributed by atoms with Crippen LogP contribution in [0, 0.1) is 5.92 Å². The first-order valence-corrected chi connectivity index (χ1v) is 8.84. The van der Waals surface area contributed by atoms with E-state index in [0.717, 1.165) is 4.88 Å². The fourth-order valence-electron chi connectivity index (χ4n) is 1.81. The van der Waals surface area contributed by atoms with Gasteiger partial charge in [0, 0.05) is 4.88 Å². The first-order chi connectivity index (χ1) is 9.78. The van der Waals surface area contributed by atoms with E-state index in [0.29, 0.717) is 11.5 Å². The number of rotatable bonds is 5. The smallest absolute Gasteiger partial charge is 0.348 e. The molecule has 2 heterocycles. The molecule has 1 aromatic rings. The molecule has 0 bridgehead atoms. The van der Waals surface area contributed by atoms with E-state index in [9.17, 15) is 19.0 Å². The van der Waals surface area contributed by atoms with Gasteiger partial charge in [-0.25, -0.2) is 4.79 Å². The number of thiophene rings is 1. The van der Waals surface area contributed by atoms with E-state index in [1.54, 1.807) is 12.1 Å². The highest BCUT2D eigenvalue weighted by Crippen LogP contribution is 2.44. The number of aliphatic hydroxyl groups excluding tert-OH is 1. The van der Waals surface area contributed by atoms with Crippen molar-refractivity contribution >= 4 is 28.3 Å². The van der Waals surface area contributed by atoms with Crippen LogP contribution in [0.15, 0.2) is 12.1 Å². The van der Waals surface area contributed by atoms with E-state index in [-0.39, 0.29) is 25.0 Å². The number of carbonyl (C=O) groups is 1. The Bertz CT molecular complexity index is 506. The van der Waals surface area contributed by atoms with E-state index in [4.69, 9.17) is 4.74 Å². The van der Waals surface area contributed by atoms with Crippen LogP contribution in [0.4, 0.5) is 0 Å². The van der Waals surface area contributed by atoms with E-state index in [2.05, 4.69) is 4.72 Å². The summed E-state index contributed by atoms with van der Waals surface area (Å²) in [5.41, 5.74) is 0. The van der Waals surface area contributed by atoms with Crippen molar-refractivity contribution in [2.24, 2.45) is 5.92 Å². The zero-order chi connectivity index (χ0) is 15.6. The lowest BCUT2D eigenvalue weighted by Crippen LogP contribution is -2.25. The zero-order valence-corrected chi connectivity index (χ0v) is 13.5. The van der Waals surface area contributed by atoms with E-state index in [1.807, 2.05) is 13.8 Å². The number of nitrogens with zero attached hydrogens (tertiary/aromatic N) is 1. The fourth-order valence-corrected chi connectivity index (χ4v) is 4.06. The molecule has 7 nitrogen and oxygen atoms in total. The number of esters is 1. The summed E-state index contributed by atoms with van der Waals surface area (Å²) in [6.07, 6.45) is -0.967. The third-order valence-corrected chi connectivity index (χ3v) is 5.41. The zero-order valence-electron chi connectivity index (χ0n) is 11.9. The average molecular weight is 336 g/mol. The topological polar surface area (TPSA) is 102 Å². The van der Waals surface area contributed by atoms with Crippen LogP contribution in [0.5, 0.6) is 0 Å². The fraction of sp³-hybridized carbons (Fsp3) is 0.583. The van der Waals surface area contributed by atoms with Crippen molar-refractivity contribution in [1.29, 1.82) is 0 Å². The first kappa shape index (κ1) is 16.7. The van der Waals surface area contributed by atoms with Gasteiger partial charge in [0.2, 0.25) is 0 Å². The van der Waals surface area contributed by atoms with E-state index < -0.39 is 17.2 Å². The summed E-state index contributed by atoms with van der Waals surface area (Å²) in [6, 6.07) is 3.41. The van der Waals surface area contributed by atoms with Crippen molar-refractivity contribution in [3.05, 3.63) is 21.9 Å². The second-order valence-corrected chi connectivity index (χ2v) is 8.19. The SMILES string of the molecule is CC(C)COC(=O)c1ccc(CN2CC(O)NS2(O)O)s1. The van der Waals surface area contributed by atoms with Crippen LogP contribution >= 0.6 is 22.3 Å². The molecule has 0 aromatic carbocycles. The molecular formula is C12H20N2O5S2. The number of ether oxygens (including phenoxy) is 1. The quantitative estimate of drug-likeness (QED) is 0.609. The van der Waals surface area contributed by atoms with Crippen molar-refractivity contribution in [1.82, 2.24) is 9.03 Å². The van der Waals surface area contributed by atoms with Gasteiger partial charge in [0.25, 0.3) is 0 Å². The van der Waals surface area contributed by atoms with Gasteiger partial charge in [-0.05, 0) is 18.1 Å². The van der Waals surface area contributed by atoms with E-state index in [1.165, 1.54) is 15.6 Å². The van der Waals surface area contributed by atoms with Crippen LogP contribution in [-0.2, 0) is 11.3 Å². The van der Waals surface area contributed by atoms with Crippen molar-refractivity contribution in [3.63, 3.8) is 0 Å². The predicted molar refractivity (Wildman–Crippen MR) is 81.8 cm³/mol. The summed E-state index contributed by atoms with van der Waals surface area (Å²) < 4.78 is 28.3. The summed E-state index contributed by atoms with van der Waals surface area (Å²) in [7, 11) is -3.14. The minimum atomic E-state index is -3.14. The largest absolute Gasteiger partial charge is 0.461 e. The van der Waals surface area contributed by atoms with Crippen molar-refractivity contribution in [3.8, 4) is 0 Å². The molecule has 4 N–H and O–H groups in total. The molecule has 1 atom stereocenters. The summed E-state index contributed by atoms with van der Waals surface area (Å²) >= 11 is 1.25. The Morgan fingerprint density at radius 2 is 2.29 bits per heavy atom. The van der Waals surface area contributed by atoms with Gasteiger partial charge >= 0.3 is 5.97 Å². The van der Waals surface area contributed by atoms with Crippen LogP contribution < -0.4 is 4.72 Å². The van der Waals surface area contributed by atoms with Crippen molar-refractivity contribution < 1.29 is 23.7 Å². The number of hydrogen-bond donors (Lipinski definition) is 4. The van der Waals surface area contributed by atoms with Gasteiger partial charge < -0.3 is 9.84 Å². The monoisotopic (exact) mass is 336 g/mol. The lowest BCUT2D eigenvalue weighted by molar-refractivity contribution is 0.0464. The Hall–Kier alpha value is -0.680. The van der Waals surface area contributed by atoms with E-state index >= 15 is 0 Å². The molecular weight excluding hydrogens is 316 g/mol. The van der Waals surface area contributed by atoms with Gasteiger partial charge in [-0.2, -0.15) is 9.03 Å². The third-order valence-electron chi connectivity index (χ3n) is 2.77. The van der Waals surface area contributed by atoms with Gasteiger partial charge in [-0.3, -0.25) is 9.11 Å². The van der Waals surface area contributed by atoms with Crippen LogP contribution in [0.3, 0.4) is 0 Å². The lowest BCUT2D eigenvalue weighted by Gasteiger charge is -2.34. The molecule has 2 rings (SSSR count). The van der Waals surface area contributed by atoms with Crippen LogP contribution in [0.1, 0.15) is 28.4 Å². The Labute approximate surface area is 129 Å². The molecule has 1 aromatic heterocycles. The van der Waals surface area contributed by atoms with Crippen LogP contribution in [0.25, 0.3) is 0 Å². The highest BCUT2D eigenvalue weighted by Gasteiger charge is 2.34. The molecule has 120 valence electrons. The molecule has 1 aliphatic heterocycles. The predicted octanol–water partition coefficient (Wildman–Crippen LogP) is 1.87. The summed E-state index contributed by atoms with van der Waals surface area (Å²) in [4.78, 5) is 13.1. The molecule has 1 unspecified atom stereocenters. The normalized spacial score (nSPS) is 23.4. The van der Waals surface area contributed by atoms with Gasteiger partial charge in [0.15, 0.2) is 0 Å². The van der Waals surface area contributed by atoms with Crippen molar-refractivity contribution in [2.45, 2.75) is 26.6 Å². The Morgan fingerprint density at radius 1 is 1.57 bits per heavy atom. The second kappa shape index (κ2) is 6.61. The summed E-state index contributed by atoms with van der Waals surface area (Å²) in [5.74, 6) is -0.0929. The van der Waals surface area contributed by atoms with Crippen LogP contribution in [0.2, 0.25) is 0 Å². The van der Waals surface area contributed by atoms with Gasteiger partial charge in [0.1, 0.15) is 11.1 Å². The molecule has 9 heteroatoms. The van der Waals surface area contributed by atoms with Gasteiger partial charge in [0.05, 0.1) is 19.7 Å². The summed E-state index contributed by atoms with van der Waals surface area (Å²) in [5, 5.41) is 9.41. The highest BCUT2D eigenvalue weighted by atomic mass is 32.3. The maximum atomic E-state index is 11.8. The maximum Gasteiger partial charge on any atom is 0.348 e. The minimum Gasteiger partial charge on any atom is -0.461 e. The Kier molecular flexibility index (Phi) is 5.25. The van der Waals surface area contributed by atoms with Gasteiger partial charge in [-0.1, -0.05) is 24.8 Å². The molecule has 0 spiro atoms. The lowest BCUT2D eigenvalue weighted by atomic mass is 10.2. The molecule has 0 amide bonds. The number of aliphatic hydroxyl groups is 1. The first-order valence-electron chi connectivity index (χ1n) is 6.52. The van der Waals surface area contributed by atoms with Gasteiger partial charge in [-0.15, -0.1) is 11.3 Å². The molecule has 1 saturated heterocycles. The number of carbonyl (C=O) groups excluding carboxylic acids is 1. The molecule has 21 heavy (non-hydrogen) atoms. The third kappa shape index (κ3) is 4.39. The maximum absolute atomic E-state index is 11.8. The van der Waals surface area contributed by atoms with Crippen LogP contribution in [-0.4, -0.2) is 43.9 Å². The molecule has 1 aliphatic rings. The molecule has 0 aliphatic carbocycles. The number of hydrogen-bond acceptors (Lipinski definition) is 8. The number of β-amino-alcohol motifs (C(OH)–C–C–N with tert-alkyl or cyclic N) is 1. The standard InChI is InChI=1S/C12H20N2O5S2/c1-8(2)7-19-12(16)10-4-3-9(20-10)5-14-6-11(15)13-21(14,17)18/h3-4,8,11,13,15,17-18H,5-7H2,1-2H3. The highest BCUT2D eigenvalue weighted by molar-refractivity contribution is 8.20. The second-order valence-electron chi connectivity index (χ2n) is 5.23. The Balaban J connectivity index is 1.96. The number of nitrogens with one attached hydrogen (secondary N) is 1. The average Bonchev–Trinajstić information content (AvgIpc) is 2.92. The Morgan fingerprint density at radius 3 is 2.86 bits per heavy atom.